The Morgan fingerprint density at radius 3 is 2.79 bits per heavy atom. The predicted molar refractivity (Wildman–Crippen MR) is 75.1 cm³/mol. The molecule has 1 rings (SSSR count). The molecule has 5 nitrogen and oxygen atoms in total. The maximum Gasteiger partial charge on any atom is 0.325 e. The third-order valence-corrected chi connectivity index (χ3v) is 4.12. The summed E-state index contributed by atoms with van der Waals surface area (Å²) in [7, 11) is 5.00. The molecule has 2 unspecified atom stereocenters. The van der Waals surface area contributed by atoms with Crippen molar-refractivity contribution in [3.63, 3.8) is 0 Å². The minimum absolute atomic E-state index is 0.194. The van der Waals surface area contributed by atoms with Crippen LogP contribution in [-0.4, -0.2) is 63.9 Å². The smallest absolute Gasteiger partial charge is 0.325 e. The van der Waals surface area contributed by atoms with Crippen LogP contribution in [-0.2, 0) is 14.3 Å². The first kappa shape index (κ1) is 16.4. The van der Waals surface area contributed by atoms with Crippen LogP contribution >= 0.6 is 0 Å². The molecular formula is C14H28N2O3. The molecule has 0 radical (unpaired) electrons. The van der Waals surface area contributed by atoms with Crippen LogP contribution in [0.5, 0.6) is 0 Å². The Bertz CT molecular complexity index is 284. The Kier molecular flexibility index (Phi) is 6.75. The summed E-state index contributed by atoms with van der Waals surface area (Å²) in [5, 5.41) is 3.08. The van der Waals surface area contributed by atoms with Crippen molar-refractivity contribution >= 4 is 5.97 Å². The molecule has 0 amide bonds. The zero-order valence-corrected chi connectivity index (χ0v) is 12.7. The summed E-state index contributed by atoms with van der Waals surface area (Å²) in [6.07, 6.45) is 3.21. The number of rotatable bonds is 7. The maximum atomic E-state index is 11.8. The average Bonchev–Trinajstić information content (AvgIpc) is 2.44. The van der Waals surface area contributed by atoms with Crippen LogP contribution in [0.2, 0.25) is 0 Å². The Morgan fingerprint density at radius 1 is 1.47 bits per heavy atom. The Balaban J connectivity index is 2.44. The third-order valence-electron chi connectivity index (χ3n) is 4.12. The molecule has 1 heterocycles. The number of carbonyl (C=O) groups excluding carboxylic acids is 1. The van der Waals surface area contributed by atoms with Crippen molar-refractivity contribution in [3.05, 3.63) is 0 Å². The summed E-state index contributed by atoms with van der Waals surface area (Å²) in [5.74, 6) is 0.429. The number of ether oxygens (including phenoxy) is 2. The van der Waals surface area contributed by atoms with E-state index in [0.29, 0.717) is 5.92 Å². The number of methoxy groups -OCH3 is 2. The van der Waals surface area contributed by atoms with Gasteiger partial charge in [0.25, 0.3) is 0 Å². The molecule has 1 N–H and O–H groups in total. The lowest BCUT2D eigenvalue weighted by Gasteiger charge is -2.35. The second-order valence-electron chi connectivity index (χ2n) is 5.59. The van der Waals surface area contributed by atoms with E-state index in [0.717, 1.165) is 32.7 Å². The van der Waals surface area contributed by atoms with Crippen LogP contribution in [0.15, 0.2) is 0 Å². The minimum atomic E-state index is -0.594. The molecule has 112 valence electrons. The van der Waals surface area contributed by atoms with E-state index in [2.05, 4.69) is 10.2 Å². The first-order chi connectivity index (χ1) is 9.05. The summed E-state index contributed by atoms with van der Waals surface area (Å²) in [4.78, 5) is 14.2. The highest BCUT2D eigenvalue weighted by Crippen LogP contribution is 2.19. The monoisotopic (exact) mass is 272 g/mol. The topological polar surface area (TPSA) is 50.8 Å². The highest BCUT2D eigenvalue weighted by Gasteiger charge is 2.33. The molecule has 0 aromatic rings. The van der Waals surface area contributed by atoms with Gasteiger partial charge in [0.1, 0.15) is 5.54 Å². The zero-order chi connectivity index (χ0) is 14.3. The van der Waals surface area contributed by atoms with Gasteiger partial charge in [-0.25, -0.2) is 0 Å². The number of likely N-dealkylation sites (N-methyl/N-ethyl adjacent to an activating group) is 1. The molecule has 0 spiro atoms. The molecule has 0 aromatic carbocycles. The molecule has 0 saturated carbocycles. The zero-order valence-electron chi connectivity index (χ0n) is 12.7. The Labute approximate surface area is 116 Å². The molecule has 1 aliphatic rings. The number of esters is 1. The van der Waals surface area contributed by atoms with Crippen molar-refractivity contribution in [1.29, 1.82) is 0 Å². The lowest BCUT2D eigenvalue weighted by atomic mass is 9.95. The number of hydrogen-bond acceptors (Lipinski definition) is 5. The predicted octanol–water partition coefficient (Wildman–Crippen LogP) is 0.886. The summed E-state index contributed by atoms with van der Waals surface area (Å²) in [5.41, 5.74) is -0.594. The molecule has 5 heteroatoms. The van der Waals surface area contributed by atoms with Crippen molar-refractivity contribution in [2.24, 2.45) is 5.92 Å². The van der Waals surface area contributed by atoms with Gasteiger partial charge in [0.2, 0.25) is 0 Å². The number of nitrogens with one attached hydrogen (secondary N) is 1. The van der Waals surface area contributed by atoms with E-state index < -0.39 is 5.54 Å². The molecule has 1 fully saturated rings. The van der Waals surface area contributed by atoms with E-state index in [1.807, 2.05) is 6.92 Å². The van der Waals surface area contributed by atoms with Gasteiger partial charge in [0, 0.05) is 20.2 Å². The highest BCUT2D eigenvalue weighted by molar-refractivity contribution is 5.80. The van der Waals surface area contributed by atoms with Crippen molar-refractivity contribution < 1.29 is 14.3 Å². The normalized spacial score (nSPS) is 23.9. The van der Waals surface area contributed by atoms with Crippen LogP contribution in [0.1, 0.15) is 26.2 Å². The first-order valence-corrected chi connectivity index (χ1v) is 7.04. The van der Waals surface area contributed by atoms with Crippen LogP contribution < -0.4 is 5.32 Å². The molecule has 0 bridgehead atoms. The average molecular weight is 272 g/mol. The maximum absolute atomic E-state index is 11.8. The summed E-state index contributed by atoms with van der Waals surface area (Å²) < 4.78 is 10.1. The fraction of sp³-hybridized carbons (Fsp3) is 0.929. The Morgan fingerprint density at radius 2 is 2.21 bits per heavy atom. The molecular weight excluding hydrogens is 244 g/mol. The van der Waals surface area contributed by atoms with Crippen LogP contribution in [0.25, 0.3) is 0 Å². The van der Waals surface area contributed by atoms with Crippen molar-refractivity contribution in [2.75, 3.05) is 47.5 Å². The Hall–Kier alpha value is -0.650. The summed E-state index contributed by atoms with van der Waals surface area (Å²) >= 11 is 0. The van der Waals surface area contributed by atoms with Crippen LogP contribution in [0, 0.1) is 5.92 Å². The lowest BCUT2D eigenvalue weighted by molar-refractivity contribution is -0.148. The van der Waals surface area contributed by atoms with Crippen LogP contribution in [0.4, 0.5) is 0 Å². The van der Waals surface area contributed by atoms with E-state index >= 15 is 0 Å². The molecule has 0 aliphatic carbocycles. The highest BCUT2D eigenvalue weighted by atomic mass is 16.5. The van der Waals surface area contributed by atoms with Gasteiger partial charge in [-0.3, -0.25) is 4.79 Å². The molecule has 1 aliphatic heterocycles. The number of carbonyl (C=O) groups is 1. The van der Waals surface area contributed by atoms with Gasteiger partial charge in [-0.1, -0.05) is 0 Å². The largest absolute Gasteiger partial charge is 0.468 e. The van der Waals surface area contributed by atoms with E-state index in [-0.39, 0.29) is 5.97 Å². The molecule has 0 aromatic heterocycles. The van der Waals surface area contributed by atoms with Crippen molar-refractivity contribution in [1.82, 2.24) is 10.2 Å². The minimum Gasteiger partial charge on any atom is -0.468 e. The molecule has 1 saturated heterocycles. The fourth-order valence-corrected chi connectivity index (χ4v) is 2.66. The van der Waals surface area contributed by atoms with Gasteiger partial charge >= 0.3 is 5.97 Å². The van der Waals surface area contributed by atoms with Crippen molar-refractivity contribution in [3.8, 4) is 0 Å². The van der Waals surface area contributed by atoms with Gasteiger partial charge in [0.05, 0.1) is 13.7 Å². The van der Waals surface area contributed by atoms with Crippen molar-refractivity contribution in [2.45, 2.75) is 31.7 Å². The number of piperidine rings is 1. The van der Waals surface area contributed by atoms with Gasteiger partial charge < -0.3 is 19.7 Å². The van der Waals surface area contributed by atoms with E-state index in [4.69, 9.17) is 9.47 Å². The number of nitrogens with zero attached hydrogens (tertiary/aromatic N) is 1. The van der Waals surface area contributed by atoms with E-state index in [1.165, 1.54) is 20.0 Å². The molecule has 2 atom stereocenters. The summed E-state index contributed by atoms with van der Waals surface area (Å²) in [6, 6.07) is 0. The fourth-order valence-electron chi connectivity index (χ4n) is 2.66. The first-order valence-electron chi connectivity index (χ1n) is 7.04. The van der Waals surface area contributed by atoms with E-state index in [9.17, 15) is 4.79 Å². The lowest BCUT2D eigenvalue weighted by Crippen LogP contribution is -2.51. The number of hydrogen-bond donors (Lipinski definition) is 1. The van der Waals surface area contributed by atoms with Gasteiger partial charge in [-0.15, -0.1) is 0 Å². The second kappa shape index (κ2) is 7.82. The van der Waals surface area contributed by atoms with Gasteiger partial charge in [-0.2, -0.15) is 0 Å². The van der Waals surface area contributed by atoms with Crippen LogP contribution in [0.3, 0.4) is 0 Å². The molecule has 19 heavy (non-hydrogen) atoms. The quantitative estimate of drug-likeness (QED) is 0.697. The SMILES string of the molecule is CNC(C)(CCN1CCCC(COC)C1)C(=O)OC. The summed E-state index contributed by atoms with van der Waals surface area (Å²) in [6.45, 7) is 5.81. The second-order valence-corrected chi connectivity index (χ2v) is 5.59. The van der Waals surface area contributed by atoms with Gasteiger partial charge in [0.15, 0.2) is 0 Å². The van der Waals surface area contributed by atoms with Gasteiger partial charge in [-0.05, 0) is 45.7 Å². The third kappa shape index (κ3) is 4.75. The van der Waals surface area contributed by atoms with E-state index in [1.54, 1.807) is 14.2 Å². The number of likely N-dealkylation sites (tertiary alicyclic amines) is 1. The standard InChI is InChI=1S/C14H28N2O3/c1-14(15-2,13(17)19-4)7-9-16-8-5-6-12(10-16)11-18-3/h12,15H,5-11H2,1-4H3.